The van der Waals surface area contributed by atoms with E-state index in [1.165, 1.54) is 27.8 Å². The lowest BCUT2D eigenvalue weighted by Gasteiger charge is -2.31. The highest BCUT2D eigenvalue weighted by atomic mass is 16.7. The molecule has 1 fully saturated rings. The van der Waals surface area contributed by atoms with Gasteiger partial charge in [-0.2, -0.15) is 0 Å². The molecule has 0 N–H and O–H groups in total. The maximum absolute atomic E-state index is 5.81. The zero-order chi connectivity index (χ0) is 14.9. The summed E-state index contributed by atoms with van der Waals surface area (Å²) in [6, 6.07) is 6.68. The largest absolute Gasteiger partial charge is 0.347 e. The number of hydrogen-bond acceptors (Lipinski definition) is 2. The molecule has 2 heteroatoms. The van der Waals surface area contributed by atoms with Gasteiger partial charge in [-0.25, -0.2) is 0 Å². The van der Waals surface area contributed by atoms with Crippen LogP contribution in [0.5, 0.6) is 0 Å². The van der Waals surface area contributed by atoms with E-state index in [4.69, 9.17) is 9.47 Å². The van der Waals surface area contributed by atoms with Crippen molar-refractivity contribution in [3.63, 3.8) is 0 Å². The summed E-state index contributed by atoms with van der Waals surface area (Å²) < 4.78 is 11.6. The molecule has 1 saturated heterocycles. The number of hydrogen-bond donors (Lipinski definition) is 0. The molecule has 21 heavy (non-hydrogen) atoms. The van der Waals surface area contributed by atoms with Gasteiger partial charge < -0.3 is 9.47 Å². The van der Waals surface area contributed by atoms with Crippen molar-refractivity contribution >= 4 is 5.57 Å². The molecule has 0 aromatic heterocycles. The van der Waals surface area contributed by atoms with Crippen molar-refractivity contribution in [1.29, 1.82) is 0 Å². The highest BCUT2D eigenvalue weighted by Gasteiger charge is 2.37. The highest BCUT2D eigenvalue weighted by Crippen LogP contribution is 2.40. The van der Waals surface area contributed by atoms with Gasteiger partial charge in [-0.3, -0.25) is 0 Å². The van der Waals surface area contributed by atoms with Crippen LogP contribution in [0.25, 0.3) is 5.57 Å². The Balaban J connectivity index is 1.88. The van der Waals surface area contributed by atoms with Crippen molar-refractivity contribution in [3.8, 4) is 0 Å². The Labute approximate surface area is 127 Å². The van der Waals surface area contributed by atoms with Crippen LogP contribution in [-0.2, 0) is 9.47 Å². The highest BCUT2D eigenvalue weighted by molar-refractivity contribution is 5.81. The second kappa shape index (κ2) is 5.78. The second-order valence-corrected chi connectivity index (χ2v) is 6.06. The third kappa shape index (κ3) is 2.83. The number of allylic oxidation sites excluding steroid dienone is 3. The molecule has 0 saturated carbocycles. The van der Waals surface area contributed by atoms with Crippen molar-refractivity contribution in [2.75, 3.05) is 13.2 Å². The summed E-state index contributed by atoms with van der Waals surface area (Å²) in [5.41, 5.74) is 6.79. The molecule has 2 aliphatic rings. The van der Waals surface area contributed by atoms with Crippen LogP contribution in [0.3, 0.4) is 0 Å². The third-order valence-electron chi connectivity index (χ3n) is 4.57. The fourth-order valence-corrected chi connectivity index (χ4v) is 3.35. The molecule has 0 bridgehead atoms. The van der Waals surface area contributed by atoms with Crippen LogP contribution in [-0.4, -0.2) is 19.0 Å². The molecule has 0 radical (unpaired) electrons. The van der Waals surface area contributed by atoms with Gasteiger partial charge in [-0.05, 0) is 49.5 Å². The summed E-state index contributed by atoms with van der Waals surface area (Å²) in [4.78, 5) is 0. The van der Waals surface area contributed by atoms with Crippen LogP contribution >= 0.6 is 0 Å². The lowest BCUT2D eigenvalue weighted by Crippen LogP contribution is -2.31. The van der Waals surface area contributed by atoms with E-state index in [1.54, 1.807) is 0 Å². The molecule has 0 unspecified atom stereocenters. The first-order valence-corrected chi connectivity index (χ1v) is 7.85. The predicted molar refractivity (Wildman–Crippen MR) is 86.1 cm³/mol. The summed E-state index contributed by atoms with van der Waals surface area (Å²) >= 11 is 0. The molecule has 1 aliphatic heterocycles. The van der Waals surface area contributed by atoms with E-state index in [1.807, 2.05) is 0 Å². The minimum Gasteiger partial charge on any atom is -0.347 e. The topological polar surface area (TPSA) is 18.5 Å². The van der Waals surface area contributed by atoms with Gasteiger partial charge in [-0.15, -0.1) is 0 Å². The number of rotatable bonds is 2. The van der Waals surface area contributed by atoms with Gasteiger partial charge in [0.25, 0.3) is 0 Å². The van der Waals surface area contributed by atoms with Crippen LogP contribution in [0.15, 0.2) is 35.9 Å². The van der Waals surface area contributed by atoms with Crippen molar-refractivity contribution in [1.82, 2.24) is 0 Å². The Kier molecular flexibility index (Phi) is 4.01. The molecule has 0 atom stereocenters. The maximum Gasteiger partial charge on any atom is 0.172 e. The molecule has 1 aromatic carbocycles. The summed E-state index contributed by atoms with van der Waals surface area (Å²) in [5.74, 6) is -0.329. The van der Waals surface area contributed by atoms with Crippen LogP contribution < -0.4 is 0 Å². The summed E-state index contributed by atoms with van der Waals surface area (Å²) in [7, 11) is 0. The molecule has 0 amide bonds. The van der Waals surface area contributed by atoms with Crippen molar-refractivity contribution in [2.24, 2.45) is 0 Å². The average Bonchev–Trinajstić information content (AvgIpc) is 2.94. The SMILES string of the molecule is C/C=C(/C1=CCC2(CC1)OCCO2)c1cc(C)ccc1C. The minimum atomic E-state index is -0.329. The van der Waals surface area contributed by atoms with Crippen LogP contribution in [0, 0.1) is 13.8 Å². The molecule has 112 valence electrons. The third-order valence-corrected chi connectivity index (χ3v) is 4.57. The minimum absolute atomic E-state index is 0.329. The van der Waals surface area contributed by atoms with Crippen molar-refractivity contribution in [2.45, 2.75) is 45.8 Å². The Hall–Kier alpha value is -1.38. The molecular formula is C19H24O2. The van der Waals surface area contributed by atoms with Gasteiger partial charge in [0.1, 0.15) is 0 Å². The van der Waals surface area contributed by atoms with Crippen molar-refractivity contribution in [3.05, 3.63) is 52.6 Å². The standard InChI is InChI=1S/C19H24O2/c1-4-17(18-13-14(2)5-6-15(18)3)16-7-9-19(10-8-16)20-11-12-21-19/h4-7,13H,8-12H2,1-3H3/b17-4-. The lowest BCUT2D eigenvalue weighted by molar-refractivity contribution is -0.161. The molecule has 1 aliphatic carbocycles. The second-order valence-electron chi connectivity index (χ2n) is 6.06. The smallest absolute Gasteiger partial charge is 0.172 e. The predicted octanol–water partition coefficient (Wildman–Crippen LogP) is 4.56. The summed E-state index contributed by atoms with van der Waals surface area (Å²) in [6.45, 7) is 7.94. The van der Waals surface area contributed by atoms with E-state index in [2.05, 4.69) is 51.1 Å². The van der Waals surface area contributed by atoms with E-state index in [0.717, 1.165) is 32.5 Å². The van der Waals surface area contributed by atoms with Gasteiger partial charge in [-0.1, -0.05) is 35.9 Å². The molecule has 3 rings (SSSR count). The lowest BCUT2D eigenvalue weighted by atomic mass is 9.85. The molecule has 2 nitrogen and oxygen atoms in total. The van der Waals surface area contributed by atoms with Gasteiger partial charge in [0.05, 0.1) is 13.2 Å². The first kappa shape index (κ1) is 14.6. The van der Waals surface area contributed by atoms with Crippen LogP contribution in [0.4, 0.5) is 0 Å². The first-order valence-electron chi connectivity index (χ1n) is 7.85. The first-order chi connectivity index (χ1) is 10.1. The number of ether oxygens (including phenoxy) is 2. The van der Waals surface area contributed by atoms with E-state index in [9.17, 15) is 0 Å². The normalized spacial score (nSPS) is 21.7. The fourth-order valence-electron chi connectivity index (χ4n) is 3.35. The Morgan fingerprint density at radius 1 is 1.19 bits per heavy atom. The summed E-state index contributed by atoms with van der Waals surface area (Å²) in [5, 5.41) is 0. The average molecular weight is 284 g/mol. The quantitative estimate of drug-likeness (QED) is 0.792. The van der Waals surface area contributed by atoms with E-state index in [0.29, 0.717) is 0 Å². The van der Waals surface area contributed by atoms with E-state index in [-0.39, 0.29) is 5.79 Å². The van der Waals surface area contributed by atoms with Crippen LogP contribution in [0.1, 0.15) is 42.9 Å². The zero-order valence-corrected chi connectivity index (χ0v) is 13.2. The molecule has 1 spiro atoms. The Morgan fingerprint density at radius 2 is 1.95 bits per heavy atom. The van der Waals surface area contributed by atoms with Gasteiger partial charge in [0, 0.05) is 12.8 Å². The van der Waals surface area contributed by atoms with E-state index >= 15 is 0 Å². The van der Waals surface area contributed by atoms with Crippen molar-refractivity contribution < 1.29 is 9.47 Å². The monoisotopic (exact) mass is 284 g/mol. The van der Waals surface area contributed by atoms with Gasteiger partial charge in [0.15, 0.2) is 5.79 Å². The molecule has 1 heterocycles. The molecular weight excluding hydrogens is 260 g/mol. The Bertz CT molecular complexity index is 590. The van der Waals surface area contributed by atoms with Gasteiger partial charge >= 0.3 is 0 Å². The maximum atomic E-state index is 5.81. The number of aryl methyl sites for hydroxylation is 2. The zero-order valence-electron chi connectivity index (χ0n) is 13.2. The number of benzene rings is 1. The van der Waals surface area contributed by atoms with E-state index < -0.39 is 0 Å². The van der Waals surface area contributed by atoms with Gasteiger partial charge in [0.2, 0.25) is 0 Å². The summed E-state index contributed by atoms with van der Waals surface area (Å²) in [6.07, 6.45) is 7.40. The van der Waals surface area contributed by atoms with Crippen LogP contribution in [0.2, 0.25) is 0 Å². The molecule has 1 aromatic rings. The Morgan fingerprint density at radius 3 is 2.57 bits per heavy atom. The fraction of sp³-hybridized carbons (Fsp3) is 0.474.